The molecule has 10 heteroatoms. The van der Waals surface area contributed by atoms with E-state index in [1.165, 1.54) is 17.0 Å². The van der Waals surface area contributed by atoms with Gasteiger partial charge in [-0.2, -0.15) is 0 Å². The topological polar surface area (TPSA) is 108 Å². The SMILES string of the molecule is CCOc1ccccc1S(=O)(=O)NCCn1nc(-c2ccco2)n(C2CC2)c1=O. The zero-order valence-electron chi connectivity index (χ0n) is 15.9. The van der Waals surface area contributed by atoms with Crippen molar-refractivity contribution in [2.45, 2.75) is 37.2 Å². The Morgan fingerprint density at radius 3 is 2.72 bits per heavy atom. The maximum atomic E-state index is 12.8. The summed E-state index contributed by atoms with van der Waals surface area (Å²) in [6, 6.07) is 10.0. The lowest BCUT2D eigenvalue weighted by Crippen LogP contribution is -2.32. The third-order valence-corrected chi connectivity index (χ3v) is 6.08. The van der Waals surface area contributed by atoms with Gasteiger partial charge in [-0.15, -0.1) is 5.10 Å². The molecule has 4 rings (SSSR count). The summed E-state index contributed by atoms with van der Waals surface area (Å²) in [5.41, 5.74) is -0.271. The average molecular weight is 418 g/mol. The third-order valence-electron chi connectivity index (χ3n) is 4.58. The molecule has 1 aromatic carbocycles. The Labute approximate surface area is 168 Å². The second-order valence-electron chi connectivity index (χ2n) is 6.69. The number of furan rings is 1. The van der Waals surface area contributed by atoms with Gasteiger partial charge in [-0.1, -0.05) is 12.1 Å². The minimum absolute atomic E-state index is 0.0158. The summed E-state index contributed by atoms with van der Waals surface area (Å²) in [6.45, 7) is 2.26. The van der Waals surface area contributed by atoms with Gasteiger partial charge in [0.1, 0.15) is 10.6 Å². The molecular formula is C19H22N4O5S. The molecule has 1 saturated carbocycles. The molecule has 0 bridgehead atoms. The zero-order chi connectivity index (χ0) is 20.4. The normalized spacial score (nSPS) is 14.2. The van der Waals surface area contributed by atoms with E-state index in [2.05, 4.69) is 9.82 Å². The first-order valence-corrected chi connectivity index (χ1v) is 10.9. The lowest BCUT2D eigenvalue weighted by Gasteiger charge is -2.11. The molecule has 0 spiro atoms. The zero-order valence-corrected chi connectivity index (χ0v) is 16.8. The number of hydrogen-bond donors (Lipinski definition) is 1. The van der Waals surface area contributed by atoms with Crippen LogP contribution in [0.5, 0.6) is 5.75 Å². The van der Waals surface area contributed by atoms with E-state index in [0.29, 0.717) is 18.2 Å². The summed E-state index contributed by atoms with van der Waals surface area (Å²) in [5, 5.41) is 4.37. The van der Waals surface area contributed by atoms with Gasteiger partial charge in [0.05, 0.1) is 19.4 Å². The van der Waals surface area contributed by atoms with E-state index in [-0.39, 0.29) is 35.5 Å². The molecule has 0 unspecified atom stereocenters. The molecule has 0 aliphatic heterocycles. The van der Waals surface area contributed by atoms with Crippen molar-refractivity contribution in [2.24, 2.45) is 0 Å². The Balaban J connectivity index is 1.52. The van der Waals surface area contributed by atoms with Crippen LogP contribution in [0.2, 0.25) is 0 Å². The van der Waals surface area contributed by atoms with Crippen LogP contribution in [0.25, 0.3) is 11.6 Å². The molecule has 1 aliphatic carbocycles. The van der Waals surface area contributed by atoms with Crippen LogP contribution in [-0.2, 0) is 16.6 Å². The van der Waals surface area contributed by atoms with E-state index in [1.807, 2.05) is 0 Å². The van der Waals surface area contributed by atoms with Crippen LogP contribution in [-0.4, -0.2) is 35.9 Å². The van der Waals surface area contributed by atoms with Crippen molar-refractivity contribution >= 4 is 10.0 Å². The van der Waals surface area contributed by atoms with Gasteiger partial charge in [0.25, 0.3) is 0 Å². The molecule has 3 aromatic rings. The summed E-state index contributed by atoms with van der Waals surface area (Å²) < 4.78 is 41.5. The highest BCUT2D eigenvalue weighted by Crippen LogP contribution is 2.36. The minimum atomic E-state index is -3.79. The highest BCUT2D eigenvalue weighted by Gasteiger charge is 2.31. The number of aromatic nitrogens is 3. The van der Waals surface area contributed by atoms with Crippen molar-refractivity contribution in [3.05, 3.63) is 53.1 Å². The van der Waals surface area contributed by atoms with Gasteiger partial charge in [-0.3, -0.25) is 4.57 Å². The van der Waals surface area contributed by atoms with E-state index in [0.717, 1.165) is 12.8 Å². The van der Waals surface area contributed by atoms with Gasteiger partial charge >= 0.3 is 5.69 Å². The second kappa shape index (κ2) is 7.88. The van der Waals surface area contributed by atoms with Crippen LogP contribution >= 0.6 is 0 Å². The maximum Gasteiger partial charge on any atom is 0.346 e. The van der Waals surface area contributed by atoms with Crippen molar-refractivity contribution in [3.63, 3.8) is 0 Å². The van der Waals surface area contributed by atoms with Crippen molar-refractivity contribution in [1.82, 2.24) is 19.1 Å². The highest BCUT2D eigenvalue weighted by atomic mass is 32.2. The first-order chi connectivity index (χ1) is 14.0. The molecule has 0 radical (unpaired) electrons. The molecule has 1 N–H and O–H groups in total. The molecule has 0 atom stereocenters. The number of benzene rings is 1. The predicted molar refractivity (Wildman–Crippen MR) is 105 cm³/mol. The van der Waals surface area contributed by atoms with Crippen LogP contribution in [0.1, 0.15) is 25.8 Å². The summed E-state index contributed by atoms with van der Waals surface area (Å²) in [5.74, 6) is 1.27. The summed E-state index contributed by atoms with van der Waals surface area (Å²) in [7, 11) is -3.79. The van der Waals surface area contributed by atoms with Crippen LogP contribution in [0.4, 0.5) is 0 Å². The molecule has 0 amide bonds. The fourth-order valence-corrected chi connectivity index (χ4v) is 4.28. The van der Waals surface area contributed by atoms with Gasteiger partial charge in [-0.05, 0) is 44.0 Å². The van der Waals surface area contributed by atoms with Crippen LogP contribution in [0.15, 0.2) is 56.8 Å². The average Bonchev–Trinajstić information content (AvgIpc) is 3.27. The monoisotopic (exact) mass is 418 g/mol. The lowest BCUT2D eigenvalue weighted by atomic mass is 10.3. The molecule has 2 aromatic heterocycles. The number of sulfonamides is 1. The fourth-order valence-electron chi connectivity index (χ4n) is 3.11. The van der Waals surface area contributed by atoms with E-state index in [4.69, 9.17) is 9.15 Å². The molecule has 1 aliphatic rings. The van der Waals surface area contributed by atoms with Gasteiger partial charge in [0.15, 0.2) is 5.76 Å². The summed E-state index contributed by atoms with van der Waals surface area (Å²) in [4.78, 5) is 12.8. The molecule has 9 nitrogen and oxygen atoms in total. The molecule has 29 heavy (non-hydrogen) atoms. The van der Waals surface area contributed by atoms with Gasteiger partial charge in [0, 0.05) is 12.6 Å². The van der Waals surface area contributed by atoms with Crippen LogP contribution < -0.4 is 15.1 Å². The van der Waals surface area contributed by atoms with Crippen molar-refractivity contribution < 1.29 is 17.6 Å². The quantitative estimate of drug-likeness (QED) is 0.570. The molecule has 154 valence electrons. The molecule has 2 heterocycles. The number of nitrogens with one attached hydrogen (secondary N) is 1. The van der Waals surface area contributed by atoms with Gasteiger partial charge in [0.2, 0.25) is 15.8 Å². The first-order valence-electron chi connectivity index (χ1n) is 9.46. The van der Waals surface area contributed by atoms with Crippen LogP contribution in [0, 0.1) is 0 Å². The summed E-state index contributed by atoms with van der Waals surface area (Å²) >= 11 is 0. The Hall–Kier alpha value is -2.85. The van der Waals surface area contributed by atoms with E-state index < -0.39 is 10.0 Å². The predicted octanol–water partition coefficient (Wildman–Crippen LogP) is 2.02. The first kappa shape index (κ1) is 19.5. The molecular weight excluding hydrogens is 396 g/mol. The number of hydrogen-bond acceptors (Lipinski definition) is 6. The second-order valence-corrected chi connectivity index (χ2v) is 8.42. The Morgan fingerprint density at radius 2 is 2.03 bits per heavy atom. The Kier molecular flexibility index (Phi) is 5.29. The maximum absolute atomic E-state index is 12.8. The lowest BCUT2D eigenvalue weighted by molar-refractivity contribution is 0.331. The minimum Gasteiger partial charge on any atom is -0.492 e. The molecule has 0 saturated heterocycles. The standard InChI is InChI=1S/C19H22N4O5S/c1-2-27-15-6-3-4-8-17(15)29(25,26)20-11-12-22-19(24)23(14-9-10-14)18(21-22)16-7-5-13-28-16/h3-8,13-14,20H,2,9-12H2,1H3. The fraction of sp³-hybridized carbons (Fsp3) is 0.368. The molecule has 1 fully saturated rings. The number of rotatable bonds is 9. The number of nitrogens with zero attached hydrogens (tertiary/aromatic N) is 3. The van der Waals surface area contributed by atoms with Crippen LogP contribution in [0.3, 0.4) is 0 Å². The van der Waals surface area contributed by atoms with E-state index in [9.17, 15) is 13.2 Å². The number of para-hydroxylation sites is 1. The Bertz CT molecular complexity index is 1140. The summed E-state index contributed by atoms with van der Waals surface area (Å²) in [6.07, 6.45) is 3.36. The largest absolute Gasteiger partial charge is 0.492 e. The van der Waals surface area contributed by atoms with Gasteiger partial charge < -0.3 is 9.15 Å². The van der Waals surface area contributed by atoms with E-state index in [1.54, 1.807) is 41.8 Å². The number of ether oxygens (including phenoxy) is 1. The van der Waals surface area contributed by atoms with Crippen molar-refractivity contribution in [2.75, 3.05) is 13.2 Å². The van der Waals surface area contributed by atoms with E-state index >= 15 is 0 Å². The van der Waals surface area contributed by atoms with Crippen molar-refractivity contribution in [1.29, 1.82) is 0 Å². The van der Waals surface area contributed by atoms with Crippen molar-refractivity contribution in [3.8, 4) is 17.3 Å². The Morgan fingerprint density at radius 1 is 1.24 bits per heavy atom. The highest BCUT2D eigenvalue weighted by molar-refractivity contribution is 7.89. The van der Waals surface area contributed by atoms with Gasteiger partial charge in [-0.25, -0.2) is 22.6 Å². The third kappa shape index (κ3) is 3.99. The smallest absolute Gasteiger partial charge is 0.346 e.